The molecule has 0 bridgehead atoms. The molecule has 3 rings (SSSR count). The van der Waals surface area contributed by atoms with Gasteiger partial charge in [0.2, 0.25) is 0 Å². The first-order valence-electron chi connectivity index (χ1n) is 5.89. The standard InChI is InChI=1S/C13H15N5/c1-10-12-7-11(8-14-13(12)17(2)16-10)9-15-18-5-3-4-6-18/h3-8,15H,9H2,1-2H3. The molecule has 0 aliphatic carbocycles. The highest BCUT2D eigenvalue weighted by atomic mass is 15.4. The number of pyridine rings is 1. The van der Waals surface area contributed by atoms with E-state index in [1.807, 2.05) is 54.1 Å². The summed E-state index contributed by atoms with van der Waals surface area (Å²) in [4.78, 5) is 4.45. The monoisotopic (exact) mass is 241 g/mol. The third-order valence-electron chi connectivity index (χ3n) is 2.99. The summed E-state index contributed by atoms with van der Waals surface area (Å²) in [7, 11) is 1.92. The number of hydrogen-bond acceptors (Lipinski definition) is 3. The molecule has 0 radical (unpaired) electrons. The molecule has 0 aliphatic rings. The molecule has 5 nitrogen and oxygen atoms in total. The van der Waals surface area contributed by atoms with Crippen LogP contribution in [-0.4, -0.2) is 19.4 Å². The first kappa shape index (κ1) is 10.8. The number of nitrogens with zero attached hydrogens (tertiary/aromatic N) is 4. The van der Waals surface area contributed by atoms with E-state index in [9.17, 15) is 0 Å². The summed E-state index contributed by atoms with van der Waals surface area (Å²) in [6, 6.07) is 6.11. The van der Waals surface area contributed by atoms with Crippen LogP contribution in [0.2, 0.25) is 0 Å². The Hall–Kier alpha value is -2.30. The zero-order valence-corrected chi connectivity index (χ0v) is 10.5. The minimum atomic E-state index is 0.742. The van der Waals surface area contributed by atoms with Gasteiger partial charge in [0, 0.05) is 31.0 Å². The molecule has 0 spiro atoms. The van der Waals surface area contributed by atoms with Crippen molar-refractivity contribution >= 4 is 11.0 Å². The third kappa shape index (κ3) is 1.84. The van der Waals surface area contributed by atoms with Gasteiger partial charge in [0.05, 0.1) is 12.2 Å². The second kappa shape index (κ2) is 4.18. The Morgan fingerprint density at radius 3 is 2.83 bits per heavy atom. The van der Waals surface area contributed by atoms with Crippen molar-refractivity contribution in [1.29, 1.82) is 0 Å². The maximum atomic E-state index is 4.45. The van der Waals surface area contributed by atoms with Crippen LogP contribution in [0.5, 0.6) is 0 Å². The first-order chi connectivity index (χ1) is 8.74. The number of hydrogen-bond donors (Lipinski definition) is 1. The van der Waals surface area contributed by atoms with Gasteiger partial charge in [-0.2, -0.15) is 5.10 Å². The molecule has 0 fully saturated rings. The van der Waals surface area contributed by atoms with Gasteiger partial charge in [0.25, 0.3) is 0 Å². The van der Waals surface area contributed by atoms with E-state index in [1.54, 1.807) is 0 Å². The number of nitrogens with one attached hydrogen (secondary N) is 1. The molecule has 1 N–H and O–H groups in total. The van der Waals surface area contributed by atoms with Gasteiger partial charge in [-0.05, 0) is 30.7 Å². The normalized spacial score (nSPS) is 11.0. The van der Waals surface area contributed by atoms with Gasteiger partial charge in [0.1, 0.15) is 0 Å². The van der Waals surface area contributed by atoms with Gasteiger partial charge in [0.15, 0.2) is 5.65 Å². The van der Waals surface area contributed by atoms with Gasteiger partial charge in [-0.3, -0.25) is 9.36 Å². The number of aryl methyl sites for hydroxylation is 2. The molecule has 0 saturated heterocycles. The van der Waals surface area contributed by atoms with E-state index in [4.69, 9.17) is 0 Å². The highest BCUT2D eigenvalue weighted by molar-refractivity contribution is 5.78. The molecule has 3 aromatic heterocycles. The first-order valence-corrected chi connectivity index (χ1v) is 5.89. The van der Waals surface area contributed by atoms with Crippen molar-refractivity contribution in [2.24, 2.45) is 7.05 Å². The molecule has 0 unspecified atom stereocenters. The third-order valence-corrected chi connectivity index (χ3v) is 2.99. The number of fused-ring (bicyclic) bond motifs is 1. The van der Waals surface area contributed by atoms with Crippen molar-refractivity contribution in [3.8, 4) is 0 Å². The van der Waals surface area contributed by atoms with E-state index >= 15 is 0 Å². The van der Waals surface area contributed by atoms with E-state index in [0.717, 1.165) is 28.8 Å². The summed E-state index contributed by atoms with van der Waals surface area (Å²) in [5.74, 6) is 0. The van der Waals surface area contributed by atoms with E-state index in [1.165, 1.54) is 0 Å². The largest absolute Gasteiger partial charge is 0.322 e. The average molecular weight is 241 g/mol. The average Bonchev–Trinajstić information content (AvgIpc) is 2.97. The molecule has 92 valence electrons. The summed E-state index contributed by atoms with van der Waals surface area (Å²) in [6.07, 6.45) is 5.84. The Bertz CT molecular complexity index is 666. The zero-order chi connectivity index (χ0) is 12.5. The smallest absolute Gasteiger partial charge is 0.157 e. The summed E-state index contributed by atoms with van der Waals surface area (Å²) >= 11 is 0. The minimum Gasteiger partial charge on any atom is -0.322 e. The maximum absolute atomic E-state index is 4.45. The lowest BCUT2D eigenvalue weighted by molar-refractivity contribution is 0.773. The zero-order valence-electron chi connectivity index (χ0n) is 10.5. The highest BCUT2D eigenvalue weighted by Gasteiger charge is 2.06. The molecule has 5 heteroatoms. The molecule has 0 aromatic carbocycles. The lowest BCUT2D eigenvalue weighted by Crippen LogP contribution is -2.11. The molecule has 0 atom stereocenters. The minimum absolute atomic E-state index is 0.742. The topological polar surface area (TPSA) is 47.7 Å². The van der Waals surface area contributed by atoms with Crippen LogP contribution < -0.4 is 5.43 Å². The Kier molecular flexibility index (Phi) is 2.51. The van der Waals surface area contributed by atoms with Crippen LogP contribution in [0.4, 0.5) is 0 Å². The highest BCUT2D eigenvalue weighted by Crippen LogP contribution is 2.16. The van der Waals surface area contributed by atoms with Crippen LogP contribution in [0.1, 0.15) is 11.3 Å². The SMILES string of the molecule is Cc1nn(C)c2ncc(CNn3cccc3)cc12. The van der Waals surface area contributed by atoms with E-state index in [-0.39, 0.29) is 0 Å². The molecule has 0 saturated carbocycles. The molecule has 0 amide bonds. The molecule has 3 aromatic rings. The van der Waals surface area contributed by atoms with Crippen LogP contribution in [0.15, 0.2) is 36.8 Å². The van der Waals surface area contributed by atoms with E-state index in [2.05, 4.69) is 21.6 Å². The van der Waals surface area contributed by atoms with Crippen molar-refractivity contribution in [2.75, 3.05) is 5.43 Å². The van der Waals surface area contributed by atoms with Crippen LogP contribution >= 0.6 is 0 Å². The van der Waals surface area contributed by atoms with Gasteiger partial charge < -0.3 is 5.43 Å². The van der Waals surface area contributed by atoms with Crippen molar-refractivity contribution in [3.63, 3.8) is 0 Å². The van der Waals surface area contributed by atoms with Crippen molar-refractivity contribution < 1.29 is 0 Å². The van der Waals surface area contributed by atoms with Gasteiger partial charge in [-0.25, -0.2) is 4.98 Å². The predicted octanol–water partition coefficient (Wildman–Crippen LogP) is 1.82. The van der Waals surface area contributed by atoms with Crippen molar-refractivity contribution in [3.05, 3.63) is 48.0 Å². The number of rotatable bonds is 3. The van der Waals surface area contributed by atoms with E-state index < -0.39 is 0 Å². The molecular weight excluding hydrogens is 226 g/mol. The lowest BCUT2D eigenvalue weighted by Gasteiger charge is -2.07. The van der Waals surface area contributed by atoms with Gasteiger partial charge in [-0.1, -0.05) is 0 Å². The van der Waals surface area contributed by atoms with Crippen molar-refractivity contribution in [2.45, 2.75) is 13.5 Å². The second-order valence-corrected chi connectivity index (χ2v) is 4.35. The van der Waals surface area contributed by atoms with Crippen LogP contribution in [0, 0.1) is 6.92 Å². The Morgan fingerprint density at radius 1 is 1.28 bits per heavy atom. The fraction of sp³-hybridized carbons (Fsp3) is 0.231. The Morgan fingerprint density at radius 2 is 2.06 bits per heavy atom. The van der Waals surface area contributed by atoms with Crippen LogP contribution in [0.3, 0.4) is 0 Å². The van der Waals surface area contributed by atoms with Crippen molar-refractivity contribution in [1.82, 2.24) is 19.4 Å². The molecule has 3 heterocycles. The predicted molar refractivity (Wildman–Crippen MR) is 70.7 cm³/mol. The van der Waals surface area contributed by atoms with Crippen LogP contribution in [0.25, 0.3) is 11.0 Å². The fourth-order valence-electron chi connectivity index (χ4n) is 2.07. The summed E-state index contributed by atoms with van der Waals surface area (Å²) < 4.78 is 3.74. The molecule has 18 heavy (non-hydrogen) atoms. The van der Waals surface area contributed by atoms with Gasteiger partial charge >= 0.3 is 0 Å². The Balaban J connectivity index is 1.87. The quantitative estimate of drug-likeness (QED) is 0.761. The summed E-state index contributed by atoms with van der Waals surface area (Å²) in [6.45, 7) is 2.75. The van der Waals surface area contributed by atoms with E-state index in [0.29, 0.717) is 0 Å². The lowest BCUT2D eigenvalue weighted by atomic mass is 10.2. The molecule has 0 aliphatic heterocycles. The summed E-state index contributed by atoms with van der Waals surface area (Å²) in [5, 5.41) is 5.48. The summed E-state index contributed by atoms with van der Waals surface area (Å²) in [5.41, 5.74) is 6.37. The molecular formula is C13H15N5. The maximum Gasteiger partial charge on any atom is 0.157 e. The second-order valence-electron chi connectivity index (χ2n) is 4.35. The Labute approximate surface area is 105 Å². The number of aromatic nitrogens is 4. The van der Waals surface area contributed by atoms with Gasteiger partial charge in [-0.15, -0.1) is 0 Å². The van der Waals surface area contributed by atoms with Crippen LogP contribution in [-0.2, 0) is 13.6 Å². The fourth-order valence-corrected chi connectivity index (χ4v) is 2.07.